The molecule has 0 unspecified atom stereocenters. The molecule has 2 aromatic carbocycles. The average Bonchev–Trinajstić information content (AvgIpc) is 2.63. The largest absolute Gasteiger partial charge is 0.399 e. The zero-order valence-corrected chi connectivity index (χ0v) is 12.8. The fraction of sp³-hybridized carbons (Fsp3) is 0. The van der Waals surface area contributed by atoms with E-state index >= 15 is 0 Å². The van der Waals surface area contributed by atoms with Crippen LogP contribution in [0.15, 0.2) is 96.9 Å². The van der Waals surface area contributed by atoms with Crippen molar-refractivity contribution in [2.24, 2.45) is 5.73 Å². The molecule has 23 heavy (non-hydrogen) atoms. The number of allylic oxidation sites excluding steroid dienone is 3. The van der Waals surface area contributed by atoms with E-state index in [1.165, 1.54) is 5.56 Å². The van der Waals surface area contributed by atoms with Crippen LogP contribution in [0.3, 0.4) is 0 Å². The lowest BCUT2D eigenvalue weighted by Crippen LogP contribution is -2.37. The summed E-state index contributed by atoms with van der Waals surface area (Å²) in [6, 6.07) is 20.7. The highest BCUT2D eigenvalue weighted by Crippen LogP contribution is 2.35. The highest BCUT2D eigenvalue weighted by molar-refractivity contribution is 6.82. The molecule has 0 spiro atoms. The number of fused-ring (bicyclic) bond motifs is 1. The van der Waals surface area contributed by atoms with Crippen molar-refractivity contribution in [2.75, 3.05) is 0 Å². The molecule has 0 fully saturated rings. The first-order valence-electron chi connectivity index (χ1n) is 7.80. The van der Waals surface area contributed by atoms with Crippen LogP contribution in [0.1, 0.15) is 11.1 Å². The van der Waals surface area contributed by atoms with Crippen LogP contribution in [0, 0.1) is 0 Å². The summed E-state index contributed by atoms with van der Waals surface area (Å²) in [6.45, 7) is 0.148. The first-order chi connectivity index (χ1) is 11.3. The van der Waals surface area contributed by atoms with E-state index in [9.17, 15) is 0 Å². The normalized spacial score (nSPS) is 16.4. The minimum Gasteiger partial charge on any atom is -0.399 e. The lowest BCUT2D eigenvalue weighted by Gasteiger charge is -2.33. The number of hydrogen-bond acceptors (Lipinski definition) is 2. The highest BCUT2D eigenvalue weighted by Gasteiger charge is 2.32. The number of rotatable bonds is 2. The molecule has 0 atom stereocenters. The van der Waals surface area contributed by atoms with E-state index in [0.717, 1.165) is 22.3 Å². The topological polar surface area (TPSA) is 29.3 Å². The Morgan fingerprint density at radius 1 is 0.783 bits per heavy atom. The van der Waals surface area contributed by atoms with Gasteiger partial charge in [-0.05, 0) is 28.9 Å². The number of benzene rings is 2. The maximum absolute atomic E-state index is 6.62. The highest BCUT2D eigenvalue weighted by atomic mass is 15.0. The van der Waals surface area contributed by atoms with Gasteiger partial charge in [0, 0.05) is 17.5 Å². The van der Waals surface area contributed by atoms with Crippen molar-refractivity contribution >= 4 is 17.9 Å². The number of nitrogens with two attached hydrogens (primary N) is 1. The molecular formula is C20H17BN2. The third-order valence-electron chi connectivity index (χ3n) is 4.31. The lowest BCUT2D eigenvalue weighted by atomic mass is 9.49. The molecule has 0 aromatic heterocycles. The first kappa shape index (κ1) is 13.7. The summed E-state index contributed by atoms with van der Waals surface area (Å²) in [4.78, 5) is 2.22. The fourth-order valence-electron chi connectivity index (χ4n) is 3.19. The van der Waals surface area contributed by atoms with Crippen LogP contribution in [-0.4, -0.2) is 11.7 Å². The molecule has 3 heteroatoms. The van der Waals surface area contributed by atoms with Gasteiger partial charge >= 0.3 is 6.85 Å². The van der Waals surface area contributed by atoms with E-state index < -0.39 is 0 Å². The number of hydrogen-bond donors (Lipinski definition) is 1. The summed E-state index contributed by atoms with van der Waals surface area (Å²) in [5.74, 6) is 2.19. The Balaban J connectivity index is 1.91. The molecule has 2 aliphatic rings. The zero-order chi connectivity index (χ0) is 15.6. The second-order valence-corrected chi connectivity index (χ2v) is 5.72. The van der Waals surface area contributed by atoms with Gasteiger partial charge in [-0.2, -0.15) is 0 Å². The Morgan fingerprint density at radius 3 is 2.13 bits per heavy atom. The predicted octanol–water partition coefficient (Wildman–Crippen LogP) is 3.87. The van der Waals surface area contributed by atoms with Crippen LogP contribution in [0.2, 0.25) is 0 Å². The van der Waals surface area contributed by atoms with Gasteiger partial charge in [0.25, 0.3) is 0 Å². The maximum Gasteiger partial charge on any atom is 0.322 e. The van der Waals surface area contributed by atoms with Gasteiger partial charge < -0.3 is 10.5 Å². The lowest BCUT2D eigenvalue weighted by molar-refractivity contribution is 0.793. The first-order valence-corrected chi connectivity index (χ1v) is 7.80. The van der Waals surface area contributed by atoms with Crippen molar-refractivity contribution in [1.29, 1.82) is 0 Å². The summed E-state index contributed by atoms with van der Waals surface area (Å²) in [5.41, 5.74) is 12.0. The molecule has 110 valence electrons. The van der Waals surface area contributed by atoms with Crippen LogP contribution in [0.4, 0.5) is 0 Å². The number of nitrogens with zero attached hydrogens (tertiary/aromatic N) is 1. The molecule has 0 saturated carbocycles. The van der Waals surface area contributed by atoms with Crippen molar-refractivity contribution in [3.63, 3.8) is 0 Å². The molecule has 4 rings (SSSR count). The van der Waals surface area contributed by atoms with Crippen molar-refractivity contribution < 1.29 is 0 Å². The summed E-state index contributed by atoms with van der Waals surface area (Å²) in [5, 5.41) is 0. The van der Waals surface area contributed by atoms with Gasteiger partial charge in [-0.15, -0.1) is 0 Å². The standard InChI is InChI=1S/C20H17BN2/c22-20-18(16-9-3-1-4-10-16)15-23-14-8-7-13-21(23)19(20)17-11-5-2-6-12-17/h1-15H,22H2. The molecule has 0 radical (unpaired) electrons. The van der Waals surface area contributed by atoms with Gasteiger partial charge in [0.15, 0.2) is 0 Å². The molecule has 2 aromatic rings. The van der Waals surface area contributed by atoms with E-state index in [4.69, 9.17) is 5.73 Å². The Labute approximate surface area is 137 Å². The molecule has 0 aliphatic carbocycles. The Bertz CT molecular complexity index is 832. The van der Waals surface area contributed by atoms with Crippen molar-refractivity contribution in [3.05, 3.63) is 108 Å². The van der Waals surface area contributed by atoms with Gasteiger partial charge in [-0.1, -0.05) is 72.7 Å². The van der Waals surface area contributed by atoms with Gasteiger partial charge in [0.2, 0.25) is 0 Å². The summed E-state index contributed by atoms with van der Waals surface area (Å²) >= 11 is 0. The molecule has 0 saturated heterocycles. The van der Waals surface area contributed by atoms with E-state index in [1.54, 1.807) is 0 Å². The van der Waals surface area contributed by atoms with Crippen LogP contribution in [0.25, 0.3) is 11.0 Å². The molecule has 2 nitrogen and oxygen atoms in total. The van der Waals surface area contributed by atoms with Gasteiger partial charge in [0.05, 0.1) is 0 Å². The van der Waals surface area contributed by atoms with Crippen LogP contribution in [0.5, 0.6) is 0 Å². The third-order valence-corrected chi connectivity index (χ3v) is 4.31. The van der Waals surface area contributed by atoms with Crippen molar-refractivity contribution in [1.82, 2.24) is 4.81 Å². The molecule has 2 aliphatic heterocycles. The quantitative estimate of drug-likeness (QED) is 0.852. The van der Waals surface area contributed by atoms with Crippen molar-refractivity contribution in [2.45, 2.75) is 0 Å². The monoisotopic (exact) mass is 296 g/mol. The molecule has 2 N–H and O–H groups in total. The fourth-order valence-corrected chi connectivity index (χ4v) is 3.19. The van der Waals surface area contributed by atoms with Crippen LogP contribution >= 0.6 is 0 Å². The van der Waals surface area contributed by atoms with Crippen LogP contribution in [-0.2, 0) is 0 Å². The maximum atomic E-state index is 6.62. The molecular weight excluding hydrogens is 279 g/mol. The molecule has 2 heterocycles. The minimum atomic E-state index is 0.148. The predicted molar refractivity (Wildman–Crippen MR) is 97.8 cm³/mol. The van der Waals surface area contributed by atoms with E-state index in [-0.39, 0.29) is 6.85 Å². The van der Waals surface area contributed by atoms with Crippen molar-refractivity contribution in [3.8, 4) is 0 Å². The van der Waals surface area contributed by atoms with Gasteiger partial charge in [-0.25, -0.2) is 0 Å². The van der Waals surface area contributed by atoms with E-state index in [2.05, 4.69) is 71.7 Å². The van der Waals surface area contributed by atoms with E-state index in [1.807, 2.05) is 24.3 Å². The summed E-state index contributed by atoms with van der Waals surface area (Å²) in [7, 11) is 0. The third kappa shape index (κ3) is 2.40. The Hall–Kier alpha value is -2.94. The Kier molecular flexibility index (Phi) is 3.39. The summed E-state index contributed by atoms with van der Waals surface area (Å²) < 4.78 is 0. The van der Waals surface area contributed by atoms with Gasteiger partial charge in [0.1, 0.15) is 0 Å². The zero-order valence-electron chi connectivity index (χ0n) is 12.8. The second kappa shape index (κ2) is 5.69. The minimum absolute atomic E-state index is 0.148. The molecule has 0 amide bonds. The van der Waals surface area contributed by atoms with E-state index in [0.29, 0.717) is 0 Å². The smallest absolute Gasteiger partial charge is 0.322 e. The Morgan fingerprint density at radius 2 is 1.43 bits per heavy atom. The second-order valence-electron chi connectivity index (χ2n) is 5.72. The SMILES string of the molecule is NC1=C(c2ccccc2)B2C=CC=CN2C=C1c1ccccc1. The van der Waals surface area contributed by atoms with Crippen LogP contribution < -0.4 is 5.73 Å². The van der Waals surface area contributed by atoms with Gasteiger partial charge in [-0.3, -0.25) is 0 Å². The molecule has 0 bridgehead atoms. The average molecular weight is 296 g/mol. The summed E-state index contributed by atoms with van der Waals surface area (Å²) in [6.07, 6.45) is 8.38.